The fourth-order valence-corrected chi connectivity index (χ4v) is 2.63. The highest BCUT2D eigenvalue weighted by atomic mass is 16.4. The number of rotatable bonds is 9. The Morgan fingerprint density at radius 1 is 1.20 bits per heavy atom. The molecule has 1 fully saturated rings. The van der Waals surface area contributed by atoms with E-state index in [1.807, 2.05) is 9.80 Å². The highest BCUT2D eigenvalue weighted by Gasteiger charge is 2.32. The Morgan fingerprint density at radius 3 is 2.30 bits per heavy atom. The van der Waals surface area contributed by atoms with Crippen LogP contribution in [0.4, 0.5) is 0 Å². The van der Waals surface area contributed by atoms with Crippen molar-refractivity contribution in [2.75, 3.05) is 26.2 Å². The van der Waals surface area contributed by atoms with Crippen LogP contribution in [0.5, 0.6) is 0 Å². The third kappa shape index (κ3) is 5.12. The maximum absolute atomic E-state index is 12.4. The lowest BCUT2D eigenvalue weighted by Gasteiger charge is -2.27. The summed E-state index contributed by atoms with van der Waals surface area (Å²) in [4.78, 5) is 27.2. The molecule has 1 heterocycles. The van der Waals surface area contributed by atoms with E-state index in [-0.39, 0.29) is 12.5 Å². The van der Waals surface area contributed by atoms with Crippen molar-refractivity contribution in [1.29, 1.82) is 0 Å². The van der Waals surface area contributed by atoms with Crippen molar-refractivity contribution in [2.24, 2.45) is 0 Å². The fourth-order valence-electron chi connectivity index (χ4n) is 2.63. The van der Waals surface area contributed by atoms with Crippen molar-refractivity contribution in [3.05, 3.63) is 0 Å². The first-order valence-corrected chi connectivity index (χ1v) is 7.84. The minimum absolute atomic E-state index is 0.0834. The summed E-state index contributed by atoms with van der Waals surface area (Å²) in [7, 11) is 0. The van der Waals surface area contributed by atoms with Crippen LogP contribution in [-0.4, -0.2) is 59.0 Å². The van der Waals surface area contributed by atoms with Crippen molar-refractivity contribution < 1.29 is 14.7 Å². The molecule has 116 valence electrons. The van der Waals surface area contributed by atoms with E-state index >= 15 is 0 Å². The summed E-state index contributed by atoms with van der Waals surface area (Å²) < 4.78 is 0. The van der Waals surface area contributed by atoms with Gasteiger partial charge in [-0.2, -0.15) is 0 Å². The lowest BCUT2D eigenvalue weighted by molar-refractivity contribution is -0.143. The first kappa shape index (κ1) is 17.0. The summed E-state index contributed by atoms with van der Waals surface area (Å²) in [5.74, 6) is -0.719. The Bertz CT molecular complexity index is 312. The lowest BCUT2D eigenvalue weighted by Crippen LogP contribution is -2.45. The van der Waals surface area contributed by atoms with E-state index in [9.17, 15) is 9.59 Å². The second-order valence-electron chi connectivity index (χ2n) is 5.55. The van der Waals surface area contributed by atoms with E-state index < -0.39 is 12.0 Å². The summed E-state index contributed by atoms with van der Waals surface area (Å²) >= 11 is 0. The van der Waals surface area contributed by atoms with E-state index in [1.165, 1.54) is 0 Å². The van der Waals surface area contributed by atoms with E-state index in [0.717, 1.165) is 51.7 Å². The Labute approximate surface area is 121 Å². The monoisotopic (exact) mass is 284 g/mol. The van der Waals surface area contributed by atoms with Gasteiger partial charge in [-0.1, -0.05) is 26.7 Å². The number of hydrogen-bond donors (Lipinski definition) is 1. The second-order valence-corrected chi connectivity index (χ2v) is 5.55. The van der Waals surface area contributed by atoms with Crippen molar-refractivity contribution >= 4 is 11.9 Å². The average Bonchev–Trinajstić information content (AvgIpc) is 2.87. The minimum Gasteiger partial charge on any atom is -0.480 e. The highest BCUT2D eigenvalue weighted by Crippen LogP contribution is 2.17. The van der Waals surface area contributed by atoms with Gasteiger partial charge in [-0.25, -0.2) is 0 Å². The number of carboxylic acid groups (broad SMARTS) is 1. The number of amides is 1. The quantitative estimate of drug-likeness (QED) is 0.703. The highest BCUT2D eigenvalue weighted by molar-refractivity contribution is 5.80. The van der Waals surface area contributed by atoms with Gasteiger partial charge in [0.05, 0.1) is 6.54 Å². The SMILES string of the molecule is CCCCN(CCCC)C(=O)CN1CCC[C@H]1C(=O)O. The number of carbonyl (C=O) groups is 2. The maximum atomic E-state index is 12.4. The average molecular weight is 284 g/mol. The summed E-state index contributed by atoms with van der Waals surface area (Å²) in [6.45, 7) is 6.79. The standard InChI is InChI=1S/C15H28N2O3/c1-3-5-9-16(10-6-4-2)14(18)12-17-11-7-8-13(17)15(19)20/h13H,3-12H2,1-2H3,(H,19,20)/t13-/m0/s1. The van der Waals surface area contributed by atoms with Gasteiger partial charge in [-0.3, -0.25) is 14.5 Å². The second kappa shape index (κ2) is 8.95. The first-order valence-electron chi connectivity index (χ1n) is 7.84. The van der Waals surface area contributed by atoms with Crippen LogP contribution in [0.15, 0.2) is 0 Å². The zero-order valence-corrected chi connectivity index (χ0v) is 12.8. The Balaban J connectivity index is 2.53. The van der Waals surface area contributed by atoms with Gasteiger partial charge < -0.3 is 10.0 Å². The molecule has 1 amide bonds. The van der Waals surface area contributed by atoms with Crippen LogP contribution in [0, 0.1) is 0 Å². The molecule has 0 bridgehead atoms. The zero-order chi connectivity index (χ0) is 15.0. The van der Waals surface area contributed by atoms with Crippen LogP contribution >= 0.6 is 0 Å². The Kier molecular flexibility index (Phi) is 7.59. The summed E-state index contributed by atoms with van der Waals surface area (Å²) in [5, 5.41) is 9.15. The number of unbranched alkanes of at least 4 members (excludes halogenated alkanes) is 2. The molecule has 1 rings (SSSR count). The van der Waals surface area contributed by atoms with Crippen molar-refractivity contribution in [3.63, 3.8) is 0 Å². The van der Waals surface area contributed by atoms with Gasteiger partial charge in [-0.15, -0.1) is 0 Å². The number of aliphatic carboxylic acids is 1. The van der Waals surface area contributed by atoms with Crippen molar-refractivity contribution in [1.82, 2.24) is 9.80 Å². The lowest BCUT2D eigenvalue weighted by atomic mass is 10.2. The predicted octanol–water partition coefficient (Wildman–Crippen LogP) is 1.96. The molecule has 1 atom stereocenters. The molecule has 0 aromatic rings. The molecule has 0 aromatic carbocycles. The number of carbonyl (C=O) groups excluding carboxylic acids is 1. The van der Waals surface area contributed by atoms with Crippen LogP contribution < -0.4 is 0 Å². The van der Waals surface area contributed by atoms with Gasteiger partial charge in [0.25, 0.3) is 0 Å². The fraction of sp³-hybridized carbons (Fsp3) is 0.867. The van der Waals surface area contributed by atoms with Gasteiger partial charge in [0.1, 0.15) is 6.04 Å². The molecule has 1 aliphatic rings. The van der Waals surface area contributed by atoms with Crippen LogP contribution in [0.25, 0.3) is 0 Å². The maximum Gasteiger partial charge on any atom is 0.320 e. The molecule has 1 aliphatic heterocycles. The molecule has 1 N–H and O–H groups in total. The molecule has 0 saturated carbocycles. The molecule has 0 radical (unpaired) electrons. The van der Waals surface area contributed by atoms with Crippen LogP contribution in [0.2, 0.25) is 0 Å². The largest absolute Gasteiger partial charge is 0.480 e. The third-order valence-corrected chi connectivity index (χ3v) is 3.90. The molecule has 0 aliphatic carbocycles. The summed E-state index contributed by atoms with van der Waals surface area (Å²) in [6.07, 6.45) is 5.69. The summed E-state index contributed by atoms with van der Waals surface area (Å²) in [6, 6.07) is -0.474. The van der Waals surface area contributed by atoms with E-state index in [1.54, 1.807) is 0 Å². The normalized spacial score (nSPS) is 19.2. The minimum atomic E-state index is -0.802. The number of likely N-dealkylation sites (tertiary alicyclic amines) is 1. The third-order valence-electron chi connectivity index (χ3n) is 3.90. The van der Waals surface area contributed by atoms with Crippen LogP contribution in [0.3, 0.4) is 0 Å². The molecule has 0 spiro atoms. The first-order chi connectivity index (χ1) is 9.60. The molecule has 0 unspecified atom stereocenters. The van der Waals surface area contributed by atoms with E-state index in [4.69, 9.17) is 5.11 Å². The number of hydrogen-bond acceptors (Lipinski definition) is 3. The topological polar surface area (TPSA) is 60.9 Å². The van der Waals surface area contributed by atoms with Gasteiger partial charge in [0.15, 0.2) is 0 Å². The van der Waals surface area contributed by atoms with E-state index in [2.05, 4.69) is 13.8 Å². The molecule has 0 aromatic heterocycles. The Morgan fingerprint density at radius 2 is 1.80 bits per heavy atom. The van der Waals surface area contributed by atoms with Gasteiger partial charge in [-0.05, 0) is 32.2 Å². The van der Waals surface area contributed by atoms with Crippen molar-refractivity contribution in [2.45, 2.75) is 58.4 Å². The smallest absolute Gasteiger partial charge is 0.320 e. The number of carboxylic acids is 1. The summed E-state index contributed by atoms with van der Waals surface area (Å²) in [5.41, 5.74) is 0. The molecular weight excluding hydrogens is 256 g/mol. The molecular formula is C15H28N2O3. The van der Waals surface area contributed by atoms with Gasteiger partial charge >= 0.3 is 5.97 Å². The van der Waals surface area contributed by atoms with Crippen LogP contribution in [-0.2, 0) is 9.59 Å². The van der Waals surface area contributed by atoms with E-state index in [0.29, 0.717) is 6.42 Å². The number of nitrogens with zero attached hydrogens (tertiary/aromatic N) is 2. The predicted molar refractivity (Wildman–Crippen MR) is 78.6 cm³/mol. The zero-order valence-electron chi connectivity index (χ0n) is 12.8. The van der Waals surface area contributed by atoms with Gasteiger partial charge in [0.2, 0.25) is 5.91 Å². The van der Waals surface area contributed by atoms with Gasteiger partial charge in [0, 0.05) is 13.1 Å². The molecule has 20 heavy (non-hydrogen) atoms. The van der Waals surface area contributed by atoms with Crippen molar-refractivity contribution in [3.8, 4) is 0 Å². The molecule has 5 nitrogen and oxygen atoms in total. The molecule has 1 saturated heterocycles. The molecule has 5 heteroatoms. The Hall–Kier alpha value is -1.10. The van der Waals surface area contributed by atoms with Crippen LogP contribution in [0.1, 0.15) is 52.4 Å².